The second kappa shape index (κ2) is 8.96. The van der Waals surface area contributed by atoms with Crippen LogP contribution in [0.5, 0.6) is 0 Å². The van der Waals surface area contributed by atoms with Gasteiger partial charge >= 0.3 is 0 Å². The van der Waals surface area contributed by atoms with Gasteiger partial charge in [0.15, 0.2) is 0 Å². The fourth-order valence-electron chi connectivity index (χ4n) is 2.87. The number of aliphatic hydroxyl groups is 1. The molecule has 0 spiro atoms. The first-order valence-electron chi connectivity index (χ1n) is 7.48. The third kappa shape index (κ3) is 5.76. The van der Waals surface area contributed by atoms with E-state index in [1.165, 1.54) is 18.4 Å². The maximum atomic E-state index is 9.99. The summed E-state index contributed by atoms with van der Waals surface area (Å²) in [4.78, 5) is 4.93. The lowest BCUT2D eigenvalue weighted by molar-refractivity contribution is 0.0602. The van der Waals surface area contributed by atoms with Crippen molar-refractivity contribution in [2.45, 2.75) is 25.5 Å². The summed E-state index contributed by atoms with van der Waals surface area (Å²) in [5.74, 6) is 0.599. The molecule has 1 aromatic rings. The Morgan fingerprint density at radius 3 is 2.10 bits per heavy atom. The molecule has 1 heterocycles. The van der Waals surface area contributed by atoms with Crippen LogP contribution in [-0.4, -0.2) is 53.7 Å². The van der Waals surface area contributed by atoms with Crippen molar-refractivity contribution < 1.29 is 5.11 Å². The molecule has 3 nitrogen and oxygen atoms in total. The van der Waals surface area contributed by atoms with E-state index in [-0.39, 0.29) is 30.9 Å². The Kier molecular flexibility index (Phi) is 7.99. The average Bonchev–Trinajstić information content (AvgIpc) is 3.27. The molecule has 2 fully saturated rings. The fourth-order valence-corrected chi connectivity index (χ4v) is 2.87. The molecule has 0 aromatic heterocycles. The number of benzene rings is 1. The van der Waals surface area contributed by atoms with Gasteiger partial charge in [-0.2, -0.15) is 0 Å². The van der Waals surface area contributed by atoms with E-state index in [2.05, 4.69) is 40.1 Å². The van der Waals surface area contributed by atoms with Crippen LogP contribution in [0.25, 0.3) is 0 Å². The number of rotatable bonds is 5. The number of piperazine rings is 1. The van der Waals surface area contributed by atoms with Gasteiger partial charge in [0.2, 0.25) is 0 Å². The standard InChI is InChI=1S/C16H24N2O.2ClH/c19-16(15-6-7-15)13-18-10-8-17(9-11-18)12-14-4-2-1-3-5-14;;/h1-5,15-16,19H,6-13H2;2*1H. The third-order valence-electron chi connectivity index (χ3n) is 4.33. The van der Waals surface area contributed by atoms with Crippen LogP contribution in [-0.2, 0) is 6.54 Å². The molecule has 1 N–H and O–H groups in total. The number of halogens is 2. The van der Waals surface area contributed by atoms with Gasteiger partial charge in [0.05, 0.1) is 6.10 Å². The van der Waals surface area contributed by atoms with Crippen LogP contribution in [0, 0.1) is 5.92 Å². The summed E-state index contributed by atoms with van der Waals surface area (Å²) in [6.45, 7) is 6.36. The Morgan fingerprint density at radius 2 is 1.52 bits per heavy atom. The number of hydrogen-bond donors (Lipinski definition) is 1. The molecule has 5 heteroatoms. The first-order valence-corrected chi connectivity index (χ1v) is 7.48. The second-order valence-corrected chi connectivity index (χ2v) is 5.97. The van der Waals surface area contributed by atoms with Crippen LogP contribution >= 0.6 is 24.8 Å². The number of hydrogen-bond acceptors (Lipinski definition) is 3. The van der Waals surface area contributed by atoms with Crippen molar-refractivity contribution in [3.8, 4) is 0 Å². The minimum atomic E-state index is -0.0827. The van der Waals surface area contributed by atoms with Crippen molar-refractivity contribution >= 4 is 24.8 Å². The summed E-state index contributed by atoms with van der Waals surface area (Å²) in [7, 11) is 0. The van der Waals surface area contributed by atoms with Gasteiger partial charge in [-0.3, -0.25) is 9.80 Å². The minimum absolute atomic E-state index is 0. The monoisotopic (exact) mass is 332 g/mol. The molecule has 0 radical (unpaired) electrons. The highest BCUT2D eigenvalue weighted by molar-refractivity contribution is 5.85. The summed E-state index contributed by atoms with van der Waals surface area (Å²) in [6, 6.07) is 10.7. The Bertz CT molecular complexity index is 393. The number of nitrogens with zero attached hydrogens (tertiary/aromatic N) is 2. The third-order valence-corrected chi connectivity index (χ3v) is 4.33. The summed E-state index contributed by atoms with van der Waals surface area (Å²) >= 11 is 0. The fraction of sp³-hybridized carbons (Fsp3) is 0.625. The van der Waals surface area contributed by atoms with Gasteiger partial charge in [0.1, 0.15) is 0 Å². The average molecular weight is 333 g/mol. The van der Waals surface area contributed by atoms with Crippen molar-refractivity contribution in [1.29, 1.82) is 0 Å². The highest BCUT2D eigenvalue weighted by atomic mass is 35.5. The second-order valence-electron chi connectivity index (χ2n) is 5.97. The van der Waals surface area contributed by atoms with Crippen LogP contribution in [0.4, 0.5) is 0 Å². The van der Waals surface area contributed by atoms with E-state index in [9.17, 15) is 5.11 Å². The van der Waals surface area contributed by atoms with Crippen molar-refractivity contribution in [2.75, 3.05) is 32.7 Å². The molecule has 2 aliphatic rings. The maximum Gasteiger partial charge on any atom is 0.0695 e. The van der Waals surface area contributed by atoms with Crippen molar-refractivity contribution in [3.05, 3.63) is 35.9 Å². The topological polar surface area (TPSA) is 26.7 Å². The lowest BCUT2D eigenvalue weighted by Crippen LogP contribution is -2.48. The number of aliphatic hydroxyl groups excluding tert-OH is 1. The van der Waals surface area contributed by atoms with Crippen LogP contribution in [0.2, 0.25) is 0 Å². The molecular weight excluding hydrogens is 307 g/mol. The van der Waals surface area contributed by atoms with Crippen molar-refractivity contribution in [1.82, 2.24) is 9.80 Å². The molecule has 1 saturated heterocycles. The largest absolute Gasteiger partial charge is 0.392 e. The van der Waals surface area contributed by atoms with E-state index in [4.69, 9.17) is 0 Å². The SMILES string of the molecule is Cl.Cl.OC(CN1CCN(Cc2ccccc2)CC1)C1CC1. The molecule has 1 atom stereocenters. The molecule has 21 heavy (non-hydrogen) atoms. The minimum Gasteiger partial charge on any atom is -0.392 e. The van der Waals surface area contributed by atoms with E-state index in [1.807, 2.05) is 0 Å². The molecule has 1 aliphatic carbocycles. The summed E-state index contributed by atoms with van der Waals surface area (Å²) < 4.78 is 0. The maximum absolute atomic E-state index is 9.99. The molecule has 1 aromatic carbocycles. The Hall–Kier alpha value is -0.320. The number of β-amino-alcohol motifs (C(OH)–C–C–N with tert-alkyl or cyclic N) is 1. The van der Waals surface area contributed by atoms with Crippen LogP contribution in [0.1, 0.15) is 18.4 Å². The first-order chi connectivity index (χ1) is 9.31. The predicted octanol–water partition coefficient (Wildman–Crippen LogP) is 2.42. The molecule has 0 bridgehead atoms. The molecular formula is C16H26Cl2N2O. The van der Waals surface area contributed by atoms with Gasteiger partial charge in [-0.15, -0.1) is 24.8 Å². The van der Waals surface area contributed by atoms with E-state index < -0.39 is 0 Å². The van der Waals surface area contributed by atoms with Crippen LogP contribution in [0.3, 0.4) is 0 Å². The van der Waals surface area contributed by atoms with Crippen LogP contribution < -0.4 is 0 Å². The first kappa shape index (κ1) is 18.7. The predicted molar refractivity (Wildman–Crippen MR) is 91.4 cm³/mol. The van der Waals surface area contributed by atoms with Gasteiger partial charge in [-0.1, -0.05) is 30.3 Å². The highest BCUT2D eigenvalue weighted by Gasteiger charge is 2.31. The molecule has 120 valence electrons. The molecule has 1 unspecified atom stereocenters. The molecule has 3 rings (SSSR count). The van der Waals surface area contributed by atoms with E-state index in [0.29, 0.717) is 5.92 Å². The molecule has 0 amide bonds. The van der Waals surface area contributed by atoms with Gasteiger partial charge < -0.3 is 5.11 Å². The van der Waals surface area contributed by atoms with E-state index >= 15 is 0 Å². The zero-order chi connectivity index (χ0) is 13.1. The molecule has 1 saturated carbocycles. The summed E-state index contributed by atoms with van der Waals surface area (Å²) in [5, 5.41) is 9.99. The van der Waals surface area contributed by atoms with Crippen LogP contribution in [0.15, 0.2) is 30.3 Å². The lowest BCUT2D eigenvalue weighted by atomic mass is 10.2. The zero-order valence-electron chi connectivity index (χ0n) is 12.4. The Morgan fingerprint density at radius 1 is 0.952 bits per heavy atom. The Balaban J connectivity index is 0.00000110. The van der Waals surface area contributed by atoms with Crippen molar-refractivity contribution in [3.63, 3.8) is 0 Å². The summed E-state index contributed by atoms with van der Waals surface area (Å²) in [6.07, 6.45) is 2.38. The van der Waals surface area contributed by atoms with Gasteiger partial charge in [-0.25, -0.2) is 0 Å². The quantitative estimate of drug-likeness (QED) is 0.897. The smallest absolute Gasteiger partial charge is 0.0695 e. The van der Waals surface area contributed by atoms with Gasteiger partial charge in [0.25, 0.3) is 0 Å². The van der Waals surface area contributed by atoms with Gasteiger partial charge in [0, 0.05) is 39.3 Å². The van der Waals surface area contributed by atoms with Gasteiger partial charge in [-0.05, 0) is 24.3 Å². The van der Waals surface area contributed by atoms with E-state index in [1.54, 1.807) is 0 Å². The van der Waals surface area contributed by atoms with E-state index in [0.717, 1.165) is 39.3 Å². The molecule has 1 aliphatic heterocycles. The van der Waals surface area contributed by atoms with Crippen molar-refractivity contribution in [2.24, 2.45) is 5.92 Å². The normalized spacial score (nSPS) is 21.2. The lowest BCUT2D eigenvalue weighted by Gasteiger charge is -2.35. The highest BCUT2D eigenvalue weighted by Crippen LogP contribution is 2.32. The zero-order valence-corrected chi connectivity index (χ0v) is 14.0. The Labute approximate surface area is 140 Å². The summed E-state index contributed by atoms with van der Waals surface area (Å²) in [5.41, 5.74) is 1.40.